The summed E-state index contributed by atoms with van der Waals surface area (Å²) in [7, 11) is 1.33. The molecule has 122 valence electrons. The summed E-state index contributed by atoms with van der Waals surface area (Å²) in [5.41, 5.74) is 3.10. The van der Waals surface area contributed by atoms with Gasteiger partial charge in [0, 0.05) is 0 Å². The fourth-order valence-electron chi connectivity index (χ4n) is 2.38. The highest BCUT2D eigenvalue weighted by atomic mass is 19.1. The summed E-state index contributed by atoms with van der Waals surface area (Å²) in [6.45, 7) is 1.59. The van der Waals surface area contributed by atoms with Gasteiger partial charge in [0.05, 0.1) is 24.2 Å². The third-order valence-corrected chi connectivity index (χ3v) is 3.64. The Hall–Kier alpha value is -3.02. The van der Waals surface area contributed by atoms with E-state index in [0.717, 1.165) is 11.3 Å². The molecule has 2 heterocycles. The van der Waals surface area contributed by atoms with Crippen molar-refractivity contribution in [2.24, 2.45) is 0 Å². The minimum Gasteiger partial charge on any atom is -0.468 e. The first kappa shape index (κ1) is 15.9. The molecule has 0 aliphatic rings. The standard InChI is InChI=1S/C18H16FN3O2/c1-12-14(19)8-9-15(20-12)16-10-17(13-6-4-3-5-7-13)22(21-16)11-18(23)24-2/h3-10H,11H2,1-2H3. The van der Waals surface area contributed by atoms with Gasteiger partial charge in [0.15, 0.2) is 0 Å². The fraction of sp³-hybridized carbons (Fsp3) is 0.167. The minimum absolute atomic E-state index is 0.0130. The van der Waals surface area contributed by atoms with E-state index in [1.54, 1.807) is 17.7 Å². The van der Waals surface area contributed by atoms with Gasteiger partial charge in [0.2, 0.25) is 0 Å². The first-order chi connectivity index (χ1) is 11.6. The average Bonchev–Trinajstić information content (AvgIpc) is 3.01. The Morgan fingerprint density at radius 2 is 1.92 bits per heavy atom. The van der Waals surface area contributed by atoms with Gasteiger partial charge in [0.1, 0.15) is 18.1 Å². The second-order valence-corrected chi connectivity index (χ2v) is 5.28. The molecule has 6 heteroatoms. The molecule has 2 aromatic heterocycles. The van der Waals surface area contributed by atoms with E-state index in [0.29, 0.717) is 17.1 Å². The van der Waals surface area contributed by atoms with Crippen molar-refractivity contribution >= 4 is 5.97 Å². The van der Waals surface area contributed by atoms with E-state index in [1.807, 2.05) is 36.4 Å². The van der Waals surface area contributed by atoms with E-state index in [2.05, 4.69) is 10.1 Å². The Balaban J connectivity index is 2.08. The first-order valence-corrected chi connectivity index (χ1v) is 7.42. The van der Waals surface area contributed by atoms with Crippen LogP contribution < -0.4 is 0 Å². The molecule has 0 atom stereocenters. The zero-order chi connectivity index (χ0) is 17.1. The smallest absolute Gasteiger partial charge is 0.327 e. The molecular formula is C18H16FN3O2. The molecule has 0 spiro atoms. The van der Waals surface area contributed by atoms with E-state index in [4.69, 9.17) is 4.74 Å². The van der Waals surface area contributed by atoms with E-state index >= 15 is 0 Å². The number of ether oxygens (including phenoxy) is 1. The molecule has 3 rings (SSSR count). The molecule has 0 N–H and O–H groups in total. The minimum atomic E-state index is -0.398. The van der Waals surface area contributed by atoms with Gasteiger partial charge in [-0.1, -0.05) is 30.3 Å². The SMILES string of the molecule is COC(=O)Cn1nc(-c2ccc(F)c(C)n2)cc1-c1ccccc1. The fourth-order valence-corrected chi connectivity index (χ4v) is 2.38. The molecule has 0 fully saturated rings. The number of hydrogen-bond acceptors (Lipinski definition) is 4. The number of carbonyl (C=O) groups excluding carboxylic acids is 1. The predicted octanol–water partition coefficient (Wildman–Crippen LogP) is 3.23. The van der Waals surface area contributed by atoms with E-state index in [1.165, 1.54) is 13.2 Å². The summed E-state index contributed by atoms with van der Waals surface area (Å²) in [5.74, 6) is -0.763. The van der Waals surface area contributed by atoms with Crippen LogP contribution in [-0.4, -0.2) is 27.8 Å². The number of pyridine rings is 1. The molecule has 0 unspecified atom stereocenters. The predicted molar refractivity (Wildman–Crippen MR) is 87.6 cm³/mol. The Morgan fingerprint density at radius 3 is 2.58 bits per heavy atom. The third kappa shape index (κ3) is 3.17. The lowest BCUT2D eigenvalue weighted by molar-refractivity contribution is -0.141. The molecule has 1 aromatic carbocycles. The summed E-state index contributed by atoms with van der Waals surface area (Å²) in [6.07, 6.45) is 0. The monoisotopic (exact) mass is 325 g/mol. The van der Waals surface area contributed by atoms with Crippen LogP contribution in [0.3, 0.4) is 0 Å². The van der Waals surface area contributed by atoms with E-state index < -0.39 is 5.97 Å². The van der Waals surface area contributed by atoms with Crippen molar-refractivity contribution in [3.05, 3.63) is 60.0 Å². The van der Waals surface area contributed by atoms with Gasteiger partial charge in [-0.25, -0.2) is 9.37 Å². The number of aryl methyl sites for hydroxylation is 1. The van der Waals surface area contributed by atoms with Crippen LogP contribution in [0.5, 0.6) is 0 Å². The van der Waals surface area contributed by atoms with E-state index in [9.17, 15) is 9.18 Å². The zero-order valence-electron chi connectivity index (χ0n) is 13.4. The van der Waals surface area contributed by atoms with Crippen LogP contribution in [0, 0.1) is 12.7 Å². The van der Waals surface area contributed by atoms with Gasteiger partial charge in [-0.05, 0) is 30.7 Å². The second kappa shape index (κ2) is 6.62. The number of esters is 1. The lowest BCUT2D eigenvalue weighted by Gasteiger charge is -2.05. The average molecular weight is 325 g/mol. The zero-order valence-corrected chi connectivity index (χ0v) is 13.4. The van der Waals surface area contributed by atoms with Crippen molar-refractivity contribution in [2.75, 3.05) is 7.11 Å². The number of benzene rings is 1. The second-order valence-electron chi connectivity index (χ2n) is 5.28. The lowest BCUT2D eigenvalue weighted by atomic mass is 10.1. The van der Waals surface area contributed by atoms with Crippen LogP contribution in [0.2, 0.25) is 0 Å². The highest BCUT2D eigenvalue weighted by Gasteiger charge is 2.15. The summed E-state index contributed by atoms with van der Waals surface area (Å²) in [4.78, 5) is 15.9. The normalized spacial score (nSPS) is 10.6. The summed E-state index contributed by atoms with van der Waals surface area (Å²) in [6, 6.07) is 14.3. The van der Waals surface area contributed by atoms with Crippen LogP contribution >= 0.6 is 0 Å². The molecule has 0 saturated carbocycles. The molecule has 0 bridgehead atoms. The lowest BCUT2D eigenvalue weighted by Crippen LogP contribution is -2.13. The molecule has 0 saturated heterocycles. The van der Waals surface area contributed by atoms with Crippen LogP contribution in [0.1, 0.15) is 5.69 Å². The molecular weight excluding hydrogens is 309 g/mol. The van der Waals surface area contributed by atoms with Crippen molar-refractivity contribution in [1.82, 2.24) is 14.8 Å². The Labute approximate surface area is 138 Å². The van der Waals surface area contributed by atoms with Gasteiger partial charge in [-0.2, -0.15) is 5.10 Å². The van der Waals surface area contributed by atoms with Crippen LogP contribution in [0.15, 0.2) is 48.5 Å². The Bertz CT molecular complexity index is 875. The van der Waals surface area contributed by atoms with Gasteiger partial charge in [-0.15, -0.1) is 0 Å². The summed E-state index contributed by atoms with van der Waals surface area (Å²) in [5, 5.41) is 4.45. The number of methoxy groups -OCH3 is 1. The quantitative estimate of drug-likeness (QED) is 0.691. The maximum atomic E-state index is 13.4. The van der Waals surface area contributed by atoms with E-state index in [-0.39, 0.29) is 12.4 Å². The molecule has 5 nitrogen and oxygen atoms in total. The molecule has 0 aliphatic heterocycles. The molecule has 0 radical (unpaired) electrons. The van der Waals surface area contributed by atoms with Crippen LogP contribution in [0.4, 0.5) is 4.39 Å². The maximum absolute atomic E-state index is 13.4. The van der Waals surface area contributed by atoms with Crippen molar-refractivity contribution in [3.8, 4) is 22.6 Å². The molecule has 0 amide bonds. The van der Waals surface area contributed by atoms with Crippen molar-refractivity contribution in [1.29, 1.82) is 0 Å². The Kier molecular flexibility index (Phi) is 4.37. The number of halogens is 1. The number of hydrogen-bond donors (Lipinski definition) is 0. The first-order valence-electron chi connectivity index (χ1n) is 7.42. The van der Waals surface area contributed by atoms with Crippen LogP contribution in [0.25, 0.3) is 22.6 Å². The summed E-state index contributed by atoms with van der Waals surface area (Å²) < 4.78 is 19.7. The third-order valence-electron chi connectivity index (χ3n) is 3.64. The highest BCUT2D eigenvalue weighted by Crippen LogP contribution is 2.25. The number of rotatable bonds is 4. The number of carbonyl (C=O) groups is 1. The number of nitrogens with zero attached hydrogens (tertiary/aromatic N) is 3. The highest BCUT2D eigenvalue weighted by molar-refractivity contribution is 5.72. The Morgan fingerprint density at radius 1 is 1.17 bits per heavy atom. The van der Waals surface area contributed by atoms with Gasteiger partial charge in [-0.3, -0.25) is 9.48 Å². The maximum Gasteiger partial charge on any atom is 0.327 e. The topological polar surface area (TPSA) is 57.0 Å². The van der Waals surface area contributed by atoms with Gasteiger partial charge < -0.3 is 4.74 Å². The van der Waals surface area contributed by atoms with Gasteiger partial charge >= 0.3 is 5.97 Å². The molecule has 0 aliphatic carbocycles. The van der Waals surface area contributed by atoms with Gasteiger partial charge in [0.25, 0.3) is 0 Å². The van der Waals surface area contributed by atoms with Crippen molar-refractivity contribution in [3.63, 3.8) is 0 Å². The molecule has 3 aromatic rings. The van der Waals surface area contributed by atoms with Crippen molar-refractivity contribution < 1.29 is 13.9 Å². The van der Waals surface area contributed by atoms with Crippen LogP contribution in [-0.2, 0) is 16.1 Å². The molecule has 24 heavy (non-hydrogen) atoms. The van der Waals surface area contributed by atoms with Crippen molar-refractivity contribution in [2.45, 2.75) is 13.5 Å². The largest absolute Gasteiger partial charge is 0.468 e. The summed E-state index contributed by atoms with van der Waals surface area (Å²) >= 11 is 0. The number of aromatic nitrogens is 3.